The highest BCUT2D eigenvalue weighted by Crippen LogP contribution is 2.28. The molecule has 118 valence electrons. The van der Waals surface area contributed by atoms with Gasteiger partial charge >= 0.3 is 5.97 Å². The van der Waals surface area contributed by atoms with Gasteiger partial charge in [-0.2, -0.15) is 0 Å². The van der Waals surface area contributed by atoms with Crippen LogP contribution >= 0.6 is 0 Å². The fourth-order valence-electron chi connectivity index (χ4n) is 2.49. The highest BCUT2D eigenvalue weighted by molar-refractivity contribution is 6.03. The third-order valence-corrected chi connectivity index (χ3v) is 3.58. The molecule has 1 aliphatic heterocycles. The minimum atomic E-state index is -2.73. The van der Waals surface area contributed by atoms with Gasteiger partial charge in [-0.1, -0.05) is 0 Å². The third-order valence-electron chi connectivity index (χ3n) is 3.58. The Bertz CT molecular complexity index is 696. The number of carbonyl (C=O) groups is 1. The van der Waals surface area contributed by atoms with E-state index < -0.39 is 18.2 Å². The number of H-pyrrole nitrogens is 1. The van der Waals surface area contributed by atoms with E-state index >= 15 is 0 Å². The van der Waals surface area contributed by atoms with E-state index in [0.29, 0.717) is 31.8 Å². The number of nitrogens with one attached hydrogen (secondary N) is 1. The van der Waals surface area contributed by atoms with Crippen molar-refractivity contribution in [3.63, 3.8) is 0 Å². The first-order valence-electron chi connectivity index (χ1n) is 6.83. The molecule has 1 aromatic carbocycles. The normalized spacial score (nSPS) is 15.5. The fraction of sp³-hybridized carbons (Fsp3) is 0.429. The van der Waals surface area contributed by atoms with E-state index in [1.807, 2.05) is 4.90 Å². The number of aromatic nitrogens is 2. The van der Waals surface area contributed by atoms with Crippen molar-refractivity contribution in [1.29, 1.82) is 0 Å². The van der Waals surface area contributed by atoms with Crippen LogP contribution in [-0.4, -0.2) is 49.4 Å². The van der Waals surface area contributed by atoms with Gasteiger partial charge in [0.2, 0.25) is 0 Å². The fourth-order valence-corrected chi connectivity index (χ4v) is 2.49. The second kappa shape index (κ2) is 5.88. The number of alkyl halides is 2. The maximum atomic E-state index is 12.8. The first kappa shape index (κ1) is 14.7. The molecule has 0 saturated carbocycles. The number of methoxy groups -OCH3 is 1. The summed E-state index contributed by atoms with van der Waals surface area (Å²) in [4.78, 5) is 20.3. The zero-order valence-electron chi connectivity index (χ0n) is 11.9. The first-order valence-corrected chi connectivity index (χ1v) is 6.83. The summed E-state index contributed by atoms with van der Waals surface area (Å²) >= 11 is 0. The van der Waals surface area contributed by atoms with Crippen LogP contribution in [0.15, 0.2) is 12.1 Å². The average Bonchev–Trinajstić information content (AvgIpc) is 2.98. The Balaban J connectivity index is 2.12. The summed E-state index contributed by atoms with van der Waals surface area (Å²) in [7, 11) is 1.25. The molecule has 3 rings (SSSR count). The van der Waals surface area contributed by atoms with Crippen molar-refractivity contribution < 1.29 is 23.0 Å². The molecule has 1 aromatic heterocycles. The molecule has 1 saturated heterocycles. The van der Waals surface area contributed by atoms with Gasteiger partial charge in [0.1, 0.15) is 5.52 Å². The number of morpholine rings is 1. The zero-order chi connectivity index (χ0) is 15.7. The number of hydrogen-bond acceptors (Lipinski definition) is 5. The molecule has 8 heteroatoms. The number of imidazole rings is 1. The molecule has 22 heavy (non-hydrogen) atoms. The third kappa shape index (κ3) is 2.61. The van der Waals surface area contributed by atoms with Crippen molar-refractivity contribution in [2.24, 2.45) is 0 Å². The number of halogens is 2. The smallest absolute Gasteiger partial charge is 0.340 e. The van der Waals surface area contributed by atoms with Gasteiger partial charge in [-0.05, 0) is 12.1 Å². The van der Waals surface area contributed by atoms with Crippen LogP contribution in [0.5, 0.6) is 0 Å². The van der Waals surface area contributed by atoms with Crippen LogP contribution in [0.2, 0.25) is 0 Å². The van der Waals surface area contributed by atoms with Crippen LogP contribution in [0.4, 0.5) is 14.5 Å². The van der Waals surface area contributed by atoms with Gasteiger partial charge in [0.25, 0.3) is 6.43 Å². The lowest BCUT2D eigenvalue weighted by atomic mass is 10.1. The summed E-state index contributed by atoms with van der Waals surface area (Å²) in [6.45, 7) is 2.50. The van der Waals surface area contributed by atoms with Gasteiger partial charge in [-0.3, -0.25) is 0 Å². The van der Waals surface area contributed by atoms with Crippen LogP contribution in [0.3, 0.4) is 0 Å². The van der Waals surface area contributed by atoms with Gasteiger partial charge in [0.15, 0.2) is 5.82 Å². The Morgan fingerprint density at radius 3 is 2.77 bits per heavy atom. The molecule has 2 heterocycles. The minimum absolute atomic E-state index is 0.171. The van der Waals surface area contributed by atoms with Crippen LogP contribution in [0, 0.1) is 0 Å². The maximum Gasteiger partial charge on any atom is 0.340 e. The molecule has 1 fully saturated rings. The molecular weight excluding hydrogens is 296 g/mol. The van der Waals surface area contributed by atoms with Crippen LogP contribution in [-0.2, 0) is 9.47 Å². The monoisotopic (exact) mass is 311 g/mol. The Kier molecular flexibility index (Phi) is 3.93. The molecule has 0 spiro atoms. The van der Waals surface area contributed by atoms with Crippen molar-refractivity contribution in [1.82, 2.24) is 9.97 Å². The SMILES string of the molecule is COC(=O)c1cc(N2CCOCC2)cc2[nH]c(C(F)F)nc12. The number of esters is 1. The predicted octanol–water partition coefficient (Wildman–Crippen LogP) is 2.12. The van der Waals surface area contributed by atoms with E-state index in [9.17, 15) is 13.6 Å². The number of aromatic amines is 1. The molecule has 0 atom stereocenters. The number of ether oxygens (including phenoxy) is 2. The Morgan fingerprint density at radius 1 is 1.41 bits per heavy atom. The summed E-state index contributed by atoms with van der Waals surface area (Å²) in [5, 5.41) is 0. The number of rotatable bonds is 3. The summed E-state index contributed by atoms with van der Waals surface area (Å²) in [6.07, 6.45) is -2.73. The molecule has 0 bridgehead atoms. The lowest BCUT2D eigenvalue weighted by Crippen LogP contribution is -2.36. The van der Waals surface area contributed by atoms with Crippen molar-refractivity contribution in [3.05, 3.63) is 23.5 Å². The van der Waals surface area contributed by atoms with Gasteiger partial charge in [0, 0.05) is 18.8 Å². The van der Waals surface area contributed by atoms with E-state index in [-0.39, 0.29) is 11.1 Å². The predicted molar refractivity (Wildman–Crippen MR) is 75.4 cm³/mol. The minimum Gasteiger partial charge on any atom is -0.465 e. The Morgan fingerprint density at radius 2 is 2.14 bits per heavy atom. The Hall–Kier alpha value is -2.22. The van der Waals surface area contributed by atoms with E-state index in [2.05, 4.69) is 9.97 Å². The van der Waals surface area contributed by atoms with E-state index in [1.54, 1.807) is 12.1 Å². The van der Waals surface area contributed by atoms with Gasteiger partial charge in [-0.25, -0.2) is 18.6 Å². The first-order chi connectivity index (χ1) is 10.6. The second-order valence-corrected chi connectivity index (χ2v) is 4.90. The van der Waals surface area contributed by atoms with Crippen LogP contribution in [0.1, 0.15) is 22.6 Å². The van der Waals surface area contributed by atoms with Gasteiger partial charge in [0.05, 0.1) is 31.4 Å². The number of benzene rings is 1. The average molecular weight is 311 g/mol. The number of fused-ring (bicyclic) bond motifs is 1. The number of nitrogens with zero attached hydrogens (tertiary/aromatic N) is 2. The molecule has 0 unspecified atom stereocenters. The highest BCUT2D eigenvalue weighted by atomic mass is 19.3. The number of anilines is 1. The lowest BCUT2D eigenvalue weighted by molar-refractivity contribution is 0.0602. The van der Waals surface area contributed by atoms with E-state index in [1.165, 1.54) is 7.11 Å². The molecule has 0 amide bonds. The highest BCUT2D eigenvalue weighted by Gasteiger charge is 2.21. The van der Waals surface area contributed by atoms with E-state index in [4.69, 9.17) is 9.47 Å². The molecular formula is C14H15F2N3O3. The zero-order valence-corrected chi connectivity index (χ0v) is 11.9. The summed E-state index contributed by atoms with van der Waals surface area (Å²) in [5.74, 6) is -1.06. The Labute approximate surface area is 125 Å². The quantitative estimate of drug-likeness (QED) is 0.880. The van der Waals surface area contributed by atoms with Gasteiger partial charge in [-0.15, -0.1) is 0 Å². The van der Waals surface area contributed by atoms with Crippen molar-refractivity contribution in [2.45, 2.75) is 6.43 Å². The standard InChI is InChI=1S/C14H15F2N3O3/c1-21-14(20)9-6-8(19-2-4-22-5-3-19)7-10-11(9)18-13(17-10)12(15)16/h6-7,12H,2-5H2,1H3,(H,17,18). The largest absolute Gasteiger partial charge is 0.465 e. The maximum absolute atomic E-state index is 12.8. The molecule has 0 aliphatic carbocycles. The summed E-state index contributed by atoms with van der Waals surface area (Å²) < 4.78 is 35.7. The van der Waals surface area contributed by atoms with Crippen molar-refractivity contribution in [2.75, 3.05) is 38.3 Å². The summed E-state index contributed by atoms with van der Waals surface area (Å²) in [5.41, 5.74) is 1.50. The molecule has 1 N–H and O–H groups in total. The topological polar surface area (TPSA) is 67.4 Å². The van der Waals surface area contributed by atoms with Crippen LogP contribution < -0.4 is 4.90 Å². The van der Waals surface area contributed by atoms with Crippen LogP contribution in [0.25, 0.3) is 11.0 Å². The molecule has 1 aliphatic rings. The number of hydrogen-bond donors (Lipinski definition) is 1. The second-order valence-electron chi connectivity index (χ2n) is 4.90. The van der Waals surface area contributed by atoms with Crippen molar-refractivity contribution >= 4 is 22.7 Å². The van der Waals surface area contributed by atoms with Crippen molar-refractivity contribution in [3.8, 4) is 0 Å². The summed E-state index contributed by atoms with van der Waals surface area (Å²) in [6, 6.07) is 3.33. The number of carbonyl (C=O) groups excluding carboxylic acids is 1. The molecule has 2 aromatic rings. The molecule has 6 nitrogen and oxygen atoms in total. The molecule has 0 radical (unpaired) electrons. The lowest BCUT2D eigenvalue weighted by Gasteiger charge is -2.29. The van der Waals surface area contributed by atoms with Gasteiger partial charge < -0.3 is 19.4 Å². The van der Waals surface area contributed by atoms with E-state index in [0.717, 1.165) is 5.69 Å².